The molecule has 0 spiro atoms. The van der Waals surface area contributed by atoms with Crippen molar-refractivity contribution in [2.45, 2.75) is 43.7 Å². The second kappa shape index (κ2) is 7.56. The number of amides is 1. The van der Waals surface area contributed by atoms with Crippen LogP contribution >= 0.6 is 0 Å². The van der Waals surface area contributed by atoms with Crippen LogP contribution in [0, 0.1) is 5.41 Å². The highest BCUT2D eigenvalue weighted by molar-refractivity contribution is 7.89. The summed E-state index contributed by atoms with van der Waals surface area (Å²) in [6, 6.07) is 13.4. The Labute approximate surface area is 182 Å². The molecule has 4 rings (SSSR count). The average molecular weight is 443 g/mol. The predicted octanol–water partition coefficient (Wildman–Crippen LogP) is 3.57. The van der Waals surface area contributed by atoms with Gasteiger partial charge in [0, 0.05) is 12.2 Å². The van der Waals surface area contributed by atoms with Gasteiger partial charge in [0.25, 0.3) is 10.0 Å². The number of ether oxygens (including phenoxy) is 1. The van der Waals surface area contributed by atoms with Gasteiger partial charge in [0.15, 0.2) is 0 Å². The van der Waals surface area contributed by atoms with Crippen molar-refractivity contribution >= 4 is 27.8 Å². The Bertz CT molecular complexity index is 1130. The van der Waals surface area contributed by atoms with Crippen molar-refractivity contribution in [3.05, 3.63) is 59.7 Å². The maximum Gasteiger partial charge on any atom is 0.417 e. The molecule has 2 aliphatic heterocycles. The lowest BCUT2D eigenvalue weighted by Crippen LogP contribution is -2.42. The molecule has 31 heavy (non-hydrogen) atoms. The Morgan fingerprint density at radius 1 is 1.16 bits per heavy atom. The number of carbonyl (C=O) groups is 1. The van der Waals surface area contributed by atoms with Gasteiger partial charge in [-0.1, -0.05) is 30.3 Å². The molecule has 0 saturated carbocycles. The van der Waals surface area contributed by atoms with Gasteiger partial charge in [-0.15, -0.1) is 0 Å². The summed E-state index contributed by atoms with van der Waals surface area (Å²) >= 11 is 0. The molecule has 1 atom stereocenters. The van der Waals surface area contributed by atoms with E-state index in [0.29, 0.717) is 0 Å². The maximum atomic E-state index is 13.5. The number of hydrogen-bond acceptors (Lipinski definition) is 6. The van der Waals surface area contributed by atoms with E-state index in [0.717, 1.165) is 39.0 Å². The molecule has 1 amide bonds. The molecule has 9 heteroatoms. The molecule has 1 saturated heterocycles. The van der Waals surface area contributed by atoms with Gasteiger partial charge in [-0.25, -0.2) is 22.4 Å². The van der Waals surface area contributed by atoms with Crippen LogP contribution in [0.15, 0.2) is 53.4 Å². The third kappa shape index (κ3) is 3.97. The van der Waals surface area contributed by atoms with Crippen molar-refractivity contribution in [2.24, 2.45) is 0 Å². The van der Waals surface area contributed by atoms with Crippen LogP contribution in [0.25, 0.3) is 0 Å². The van der Waals surface area contributed by atoms with Gasteiger partial charge in [0.2, 0.25) is 5.96 Å². The molecule has 0 unspecified atom stereocenters. The standard InChI is InChI=1S/C22H26N4O4S/c1-22(2,3)30-21(27)26-19(15-7-5-4-6-8-15)14-25(20(26)23)31(28,29)17-9-10-18-16(13-17)11-12-24-18/h4-10,13,19,23-24H,11-12,14H2,1-3H3/t19-/m1/s1. The number of rotatable bonds is 3. The second-order valence-corrected chi connectivity index (χ2v) is 10.5. The van der Waals surface area contributed by atoms with Crippen LogP contribution in [0.2, 0.25) is 0 Å². The minimum absolute atomic E-state index is 0.0558. The van der Waals surface area contributed by atoms with E-state index in [1.165, 1.54) is 6.07 Å². The average Bonchev–Trinajstić information content (AvgIpc) is 3.31. The number of nitrogens with zero attached hydrogens (tertiary/aromatic N) is 2. The smallest absolute Gasteiger partial charge is 0.417 e. The molecule has 0 bridgehead atoms. The zero-order valence-corrected chi connectivity index (χ0v) is 18.6. The zero-order valence-electron chi connectivity index (χ0n) is 17.8. The maximum absolute atomic E-state index is 13.5. The fourth-order valence-corrected chi connectivity index (χ4v) is 5.27. The topological polar surface area (TPSA) is 103 Å². The van der Waals surface area contributed by atoms with E-state index in [1.54, 1.807) is 32.9 Å². The first-order valence-corrected chi connectivity index (χ1v) is 11.6. The van der Waals surface area contributed by atoms with Gasteiger partial charge in [0.1, 0.15) is 5.60 Å². The van der Waals surface area contributed by atoms with E-state index in [-0.39, 0.29) is 11.4 Å². The first kappa shape index (κ1) is 21.2. The van der Waals surface area contributed by atoms with Crippen molar-refractivity contribution in [2.75, 3.05) is 18.4 Å². The Morgan fingerprint density at radius 2 is 1.87 bits per heavy atom. The summed E-state index contributed by atoms with van der Waals surface area (Å²) in [5.74, 6) is -0.415. The van der Waals surface area contributed by atoms with E-state index >= 15 is 0 Å². The van der Waals surface area contributed by atoms with Crippen molar-refractivity contribution in [3.63, 3.8) is 0 Å². The van der Waals surface area contributed by atoms with Gasteiger partial charge in [-0.3, -0.25) is 5.41 Å². The highest BCUT2D eigenvalue weighted by Gasteiger charge is 2.46. The van der Waals surface area contributed by atoms with Crippen LogP contribution in [0.3, 0.4) is 0 Å². The molecule has 2 aliphatic rings. The van der Waals surface area contributed by atoms with Gasteiger partial charge >= 0.3 is 6.09 Å². The number of nitrogens with one attached hydrogen (secondary N) is 2. The quantitative estimate of drug-likeness (QED) is 0.756. The Balaban J connectivity index is 1.72. The number of guanidine groups is 1. The highest BCUT2D eigenvalue weighted by atomic mass is 32.2. The van der Waals surface area contributed by atoms with E-state index in [2.05, 4.69) is 5.32 Å². The molecule has 0 radical (unpaired) electrons. The fourth-order valence-electron chi connectivity index (χ4n) is 3.83. The summed E-state index contributed by atoms with van der Waals surface area (Å²) in [6.07, 6.45) is -0.00509. The van der Waals surface area contributed by atoms with E-state index in [9.17, 15) is 13.2 Å². The van der Waals surface area contributed by atoms with Crippen LogP contribution in [0.5, 0.6) is 0 Å². The van der Waals surface area contributed by atoms with Gasteiger partial charge in [0.05, 0.1) is 17.5 Å². The van der Waals surface area contributed by atoms with E-state index in [4.69, 9.17) is 10.1 Å². The van der Waals surface area contributed by atoms with Crippen molar-refractivity contribution in [1.29, 1.82) is 5.41 Å². The minimum Gasteiger partial charge on any atom is -0.443 e. The minimum atomic E-state index is -4.03. The lowest BCUT2D eigenvalue weighted by atomic mass is 10.1. The Morgan fingerprint density at radius 3 is 2.55 bits per heavy atom. The molecular formula is C22H26N4O4S. The predicted molar refractivity (Wildman–Crippen MR) is 118 cm³/mol. The lowest BCUT2D eigenvalue weighted by Gasteiger charge is -2.27. The van der Waals surface area contributed by atoms with Crippen LogP contribution in [-0.4, -0.2) is 48.4 Å². The largest absolute Gasteiger partial charge is 0.443 e. The van der Waals surface area contributed by atoms with Crippen molar-refractivity contribution in [3.8, 4) is 0 Å². The highest BCUT2D eigenvalue weighted by Crippen LogP contribution is 2.35. The van der Waals surface area contributed by atoms with Gasteiger partial charge in [-0.2, -0.15) is 0 Å². The summed E-state index contributed by atoms with van der Waals surface area (Å²) in [5, 5.41) is 11.8. The zero-order chi connectivity index (χ0) is 22.4. The van der Waals surface area contributed by atoms with Crippen molar-refractivity contribution in [1.82, 2.24) is 9.21 Å². The molecule has 2 N–H and O–H groups in total. The molecule has 164 valence electrons. The molecule has 2 heterocycles. The van der Waals surface area contributed by atoms with Gasteiger partial charge < -0.3 is 10.1 Å². The Kier molecular flexibility index (Phi) is 5.17. The SMILES string of the molecule is CC(C)(C)OC(=O)N1C(=N)N(S(=O)(=O)c2ccc3c(c2)CCN3)C[C@@H]1c1ccccc1. The third-order valence-electron chi connectivity index (χ3n) is 5.26. The summed E-state index contributed by atoms with van der Waals surface area (Å²) in [4.78, 5) is 14.2. The number of carbonyl (C=O) groups excluding carboxylic acids is 1. The molecule has 2 aromatic carbocycles. The summed E-state index contributed by atoms with van der Waals surface area (Å²) < 4.78 is 33.4. The lowest BCUT2D eigenvalue weighted by molar-refractivity contribution is 0.0334. The molecule has 8 nitrogen and oxygen atoms in total. The van der Waals surface area contributed by atoms with Crippen molar-refractivity contribution < 1.29 is 17.9 Å². The normalized spacial score (nSPS) is 18.7. The summed E-state index contributed by atoms with van der Waals surface area (Å²) in [7, 11) is -4.03. The van der Waals surface area contributed by atoms with Crippen LogP contribution < -0.4 is 5.32 Å². The first-order chi connectivity index (χ1) is 14.6. The van der Waals surface area contributed by atoms with E-state index in [1.807, 2.05) is 30.3 Å². The molecule has 2 aromatic rings. The first-order valence-electron chi connectivity index (χ1n) is 10.1. The Hall–Kier alpha value is -3.07. The van der Waals surface area contributed by atoms with Crippen LogP contribution in [0.1, 0.15) is 37.9 Å². The third-order valence-corrected chi connectivity index (χ3v) is 7.02. The second-order valence-electron chi connectivity index (χ2n) is 8.63. The number of benzene rings is 2. The molecular weight excluding hydrogens is 416 g/mol. The number of fused-ring (bicyclic) bond motifs is 1. The van der Waals surface area contributed by atoms with Crippen LogP contribution in [0.4, 0.5) is 10.5 Å². The number of sulfonamides is 1. The van der Waals surface area contributed by atoms with E-state index < -0.39 is 33.7 Å². The monoisotopic (exact) mass is 442 g/mol. The molecule has 1 fully saturated rings. The van der Waals surface area contributed by atoms with Crippen LogP contribution in [-0.2, 0) is 21.2 Å². The fraction of sp³-hybridized carbons (Fsp3) is 0.364. The number of anilines is 1. The summed E-state index contributed by atoms with van der Waals surface area (Å²) in [6.45, 7) is 5.90. The summed E-state index contributed by atoms with van der Waals surface area (Å²) in [5.41, 5.74) is 1.80. The molecule has 0 aliphatic carbocycles. The van der Waals surface area contributed by atoms with Gasteiger partial charge in [-0.05, 0) is 56.5 Å². The number of hydrogen-bond donors (Lipinski definition) is 2. The molecule has 0 aromatic heterocycles.